The molecule has 2 aromatic heterocycles. The summed E-state index contributed by atoms with van der Waals surface area (Å²) in [4.78, 5) is 29.1. The van der Waals surface area contributed by atoms with E-state index in [2.05, 4.69) is 11.5 Å². The molecule has 1 unspecified atom stereocenters. The Morgan fingerprint density at radius 2 is 1.81 bits per heavy atom. The molecule has 4 rings (SSSR count). The van der Waals surface area contributed by atoms with Crippen LogP contribution in [0.5, 0.6) is 0 Å². The largest absolute Gasteiger partial charge is 0.480 e. The fraction of sp³-hybridized carbons (Fsp3) is 0.292. The number of hydrogen-bond donors (Lipinski definition) is 2. The summed E-state index contributed by atoms with van der Waals surface area (Å²) >= 11 is 0. The van der Waals surface area contributed by atoms with Crippen LogP contribution in [0.4, 0.5) is 0 Å². The highest BCUT2D eigenvalue weighted by molar-refractivity contribution is 5.98. The number of carbonyl (C=O) groups is 1. The smallest absolute Gasteiger partial charge is 0.320 e. The van der Waals surface area contributed by atoms with Gasteiger partial charge in [-0.25, -0.2) is 4.98 Å². The number of aromatic nitrogens is 3. The van der Waals surface area contributed by atoms with E-state index in [9.17, 15) is 9.59 Å². The predicted octanol–water partition coefficient (Wildman–Crippen LogP) is 3.31. The van der Waals surface area contributed by atoms with E-state index < -0.39 is 12.0 Å². The lowest BCUT2D eigenvalue weighted by Crippen LogP contribution is -2.30. The lowest BCUT2D eigenvalue weighted by atomic mass is 10.1. The molecule has 0 spiro atoms. The number of rotatable bonds is 7. The number of carboxylic acids is 1. The minimum atomic E-state index is -0.988. The summed E-state index contributed by atoms with van der Waals surface area (Å²) in [6.45, 7) is 2.68. The van der Waals surface area contributed by atoms with Crippen molar-refractivity contribution in [3.8, 4) is 11.3 Å². The van der Waals surface area contributed by atoms with Gasteiger partial charge in [-0.2, -0.15) is 0 Å². The van der Waals surface area contributed by atoms with Crippen LogP contribution < -0.4 is 11.3 Å². The zero-order valence-electron chi connectivity index (χ0n) is 17.7. The van der Waals surface area contributed by atoms with Crippen LogP contribution in [0.25, 0.3) is 33.2 Å². The first-order valence-electron chi connectivity index (χ1n) is 10.5. The van der Waals surface area contributed by atoms with Crippen LogP contribution in [0, 0.1) is 0 Å². The van der Waals surface area contributed by atoms with Crippen LogP contribution in [-0.4, -0.2) is 31.2 Å². The van der Waals surface area contributed by atoms with Crippen LogP contribution in [-0.2, 0) is 24.8 Å². The zero-order valence-corrected chi connectivity index (χ0v) is 17.7. The van der Waals surface area contributed by atoms with Gasteiger partial charge in [0.1, 0.15) is 11.7 Å². The molecule has 0 radical (unpaired) electrons. The summed E-state index contributed by atoms with van der Waals surface area (Å²) in [6.07, 6.45) is 1.73. The highest BCUT2D eigenvalue weighted by Gasteiger charge is 2.22. The summed E-state index contributed by atoms with van der Waals surface area (Å²) in [6, 6.07) is 14.7. The van der Waals surface area contributed by atoms with Crippen molar-refractivity contribution in [3.63, 3.8) is 0 Å². The zero-order chi connectivity index (χ0) is 22.1. The Morgan fingerprint density at radius 1 is 1.13 bits per heavy atom. The first-order chi connectivity index (χ1) is 14.9. The van der Waals surface area contributed by atoms with E-state index in [1.54, 1.807) is 11.6 Å². The van der Waals surface area contributed by atoms with Gasteiger partial charge in [0, 0.05) is 35.8 Å². The van der Waals surface area contributed by atoms with Gasteiger partial charge in [-0.3, -0.25) is 9.59 Å². The average molecular weight is 418 g/mol. The average Bonchev–Trinajstić information content (AvgIpc) is 3.09. The number of fused-ring (bicyclic) bond motifs is 2. The Bertz CT molecular complexity index is 1340. The van der Waals surface area contributed by atoms with E-state index in [4.69, 9.17) is 15.8 Å². The monoisotopic (exact) mass is 418 g/mol. The predicted molar refractivity (Wildman–Crippen MR) is 122 cm³/mol. The van der Waals surface area contributed by atoms with Crippen molar-refractivity contribution < 1.29 is 9.90 Å². The molecule has 4 aromatic rings. The maximum atomic E-state index is 13.3. The van der Waals surface area contributed by atoms with Crippen molar-refractivity contribution in [1.29, 1.82) is 0 Å². The van der Waals surface area contributed by atoms with Gasteiger partial charge < -0.3 is 20.0 Å². The first kappa shape index (κ1) is 20.8. The second kappa shape index (κ2) is 8.35. The van der Waals surface area contributed by atoms with Crippen LogP contribution in [0.1, 0.15) is 25.5 Å². The Hall–Kier alpha value is -3.45. The Balaban J connectivity index is 1.90. The van der Waals surface area contributed by atoms with Gasteiger partial charge in [-0.1, -0.05) is 37.3 Å². The summed E-state index contributed by atoms with van der Waals surface area (Å²) in [5, 5.41) is 10.0. The lowest BCUT2D eigenvalue weighted by Gasteiger charge is -2.13. The molecule has 0 fully saturated rings. The van der Waals surface area contributed by atoms with Gasteiger partial charge in [0.25, 0.3) is 5.56 Å². The van der Waals surface area contributed by atoms with Crippen molar-refractivity contribution in [3.05, 3.63) is 64.6 Å². The summed E-state index contributed by atoms with van der Waals surface area (Å²) in [5.41, 5.74) is 10.4. The molecule has 7 heteroatoms. The quantitative estimate of drug-likeness (QED) is 0.479. The summed E-state index contributed by atoms with van der Waals surface area (Å²) in [5.74, 6) is -0.988. The molecule has 0 aliphatic heterocycles. The molecule has 0 bridgehead atoms. The Kier molecular flexibility index (Phi) is 5.61. The van der Waals surface area contributed by atoms with Crippen molar-refractivity contribution >= 4 is 27.9 Å². The maximum absolute atomic E-state index is 13.3. The third-order valence-electron chi connectivity index (χ3n) is 5.85. The first-order valence-corrected chi connectivity index (χ1v) is 10.5. The number of benzene rings is 2. The van der Waals surface area contributed by atoms with Crippen LogP contribution >= 0.6 is 0 Å². The molecule has 0 aliphatic rings. The summed E-state index contributed by atoms with van der Waals surface area (Å²) < 4.78 is 3.82. The molecule has 2 aromatic carbocycles. The number of nitrogens with zero attached hydrogens (tertiary/aromatic N) is 3. The van der Waals surface area contributed by atoms with Gasteiger partial charge >= 0.3 is 5.97 Å². The van der Waals surface area contributed by atoms with Crippen LogP contribution in [0.15, 0.2) is 53.3 Å². The molecular weight excluding hydrogens is 392 g/mol. The number of aryl methyl sites for hydroxylation is 2. The number of aliphatic carboxylic acids is 1. The summed E-state index contributed by atoms with van der Waals surface area (Å²) in [7, 11) is 1.77. The highest BCUT2D eigenvalue weighted by Crippen LogP contribution is 2.34. The van der Waals surface area contributed by atoms with Gasteiger partial charge in [-0.05, 0) is 37.5 Å². The van der Waals surface area contributed by atoms with E-state index in [1.807, 2.05) is 48.5 Å². The fourth-order valence-electron chi connectivity index (χ4n) is 4.28. The van der Waals surface area contributed by atoms with Crippen molar-refractivity contribution in [2.24, 2.45) is 12.8 Å². The number of carboxylic acid groups (broad SMARTS) is 1. The van der Waals surface area contributed by atoms with Crippen LogP contribution in [0.3, 0.4) is 0 Å². The van der Waals surface area contributed by atoms with Gasteiger partial charge in [0.05, 0.1) is 11.0 Å². The van der Waals surface area contributed by atoms with Gasteiger partial charge in [0.15, 0.2) is 0 Å². The van der Waals surface area contributed by atoms with E-state index in [-0.39, 0.29) is 5.56 Å². The van der Waals surface area contributed by atoms with E-state index in [0.29, 0.717) is 31.5 Å². The molecule has 31 heavy (non-hydrogen) atoms. The van der Waals surface area contributed by atoms with Crippen LogP contribution in [0.2, 0.25) is 0 Å². The van der Waals surface area contributed by atoms with Gasteiger partial charge in [0.2, 0.25) is 0 Å². The second-order valence-corrected chi connectivity index (χ2v) is 7.74. The normalized spacial score (nSPS) is 12.5. The molecule has 3 N–H and O–H groups in total. The lowest BCUT2D eigenvalue weighted by molar-refractivity contribution is -0.138. The van der Waals surface area contributed by atoms with Gasteiger partial charge in [-0.15, -0.1) is 0 Å². The molecule has 1 atom stereocenters. The molecule has 160 valence electrons. The van der Waals surface area contributed by atoms with Crippen molar-refractivity contribution in [2.45, 2.75) is 38.8 Å². The van der Waals surface area contributed by atoms with E-state index in [0.717, 1.165) is 33.2 Å². The molecule has 0 amide bonds. The topological polar surface area (TPSA) is 103 Å². The maximum Gasteiger partial charge on any atom is 0.320 e. The standard InChI is InChI=1S/C24H26N4O3/c1-3-18-21(22-23(29)27(2)20-13-7-5-11-17(20)26-22)15-9-4-6-12-19(15)28(18)14-8-10-16(25)24(30)31/h4-7,9,11-13,16H,3,8,10,14,25H2,1-2H3,(H,30,31). The van der Waals surface area contributed by atoms with Crippen molar-refractivity contribution in [1.82, 2.24) is 14.1 Å². The highest BCUT2D eigenvalue weighted by atomic mass is 16.4. The SMILES string of the molecule is CCc1c(-c2nc3ccccc3n(C)c2=O)c2ccccc2n1CCCC(N)C(=O)O. The second-order valence-electron chi connectivity index (χ2n) is 7.74. The molecule has 0 saturated heterocycles. The molecular formula is C24H26N4O3. The Morgan fingerprint density at radius 3 is 2.52 bits per heavy atom. The van der Waals surface area contributed by atoms with E-state index in [1.165, 1.54) is 0 Å². The third-order valence-corrected chi connectivity index (χ3v) is 5.85. The third kappa shape index (κ3) is 3.61. The minimum Gasteiger partial charge on any atom is -0.480 e. The number of hydrogen-bond acceptors (Lipinski definition) is 4. The molecule has 0 saturated carbocycles. The number of para-hydroxylation sites is 3. The minimum absolute atomic E-state index is 0.135. The Labute approximate surface area is 179 Å². The molecule has 0 aliphatic carbocycles. The number of nitrogens with two attached hydrogens (primary N) is 1. The molecule has 2 heterocycles. The molecule has 7 nitrogen and oxygen atoms in total. The van der Waals surface area contributed by atoms with Crippen molar-refractivity contribution in [2.75, 3.05) is 0 Å². The fourth-order valence-corrected chi connectivity index (χ4v) is 4.28. The van der Waals surface area contributed by atoms with E-state index >= 15 is 0 Å².